The lowest BCUT2D eigenvalue weighted by atomic mass is 9.98. The number of carbonyl (C=O) groups excluding carboxylic acids is 5. The number of carboxylic acids is 3. The van der Waals surface area contributed by atoms with Gasteiger partial charge in [0.05, 0.1) is 6.04 Å². The fraction of sp³-hybridized carbons (Fsp3) is 0.750. The van der Waals surface area contributed by atoms with E-state index in [4.69, 9.17) is 22.3 Å². The zero-order valence-corrected chi connectivity index (χ0v) is 29.9. The molecule has 0 unspecified atom stereocenters. The minimum absolute atomic E-state index is 0.145. The summed E-state index contributed by atoms with van der Waals surface area (Å²) in [6, 6.07) is -7.64. The molecule has 0 aromatic heterocycles. The van der Waals surface area contributed by atoms with Gasteiger partial charge in [0.25, 0.3) is 0 Å². The van der Waals surface area contributed by atoms with Crippen LogP contribution in [0.15, 0.2) is 0 Å². The number of amides is 5. The Morgan fingerprint density at radius 3 is 1.31 bits per heavy atom. The molecule has 0 aromatic carbocycles. The molecule has 0 saturated heterocycles. The molecule has 0 rings (SSSR count). The molecule has 0 spiro atoms. The van der Waals surface area contributed by atoms with Crippen molar-refractivity contribution in [2.75, 3.05) is 13.1 Å². The average molecular weight is 731 g/mol. The Bertz CT molecular complexity index is 1180. The Labute approximate surface area is 297 Å². The quantitative estimate of drug-likeness (QED) is 0.0412. The number of aliphatic carboxylic acids is 3. The first-order valence-electron chi connectivity index (χ1n) is 17.2. The summed E-state index contributed by atoms with van der Waals surface area (Å²) >= 11 is 0. The monoisotopic (exact) mass is 730 g/mol. The lowest BCUT2D eigenvalue weighted by Crippen LogP contribution is -2.61. The molecule has 0 radical (unpaired) electrons. The van der Waals surface area contributed by atoms with E-state index in [0.29, 0.717) is 45.2 Å². The summed E-state index contributed by atoms with van der Waals surface area (Å²) in [5.41, 5.74) is 17.1. The Kier molecular flexibility index (Phi) is 22.6. The highest BCUT2D eigenvalue weighted by Gasteiger charge is 2.35. The lowest BCUT2D eigenvalue weighted by molar-refractivity contribution is -0.144. The van der Waals surface area contributed by atoms with Crippen molar-refractivity contribution >= 4 is 47.4 Å². The summed E-state index contributed by atoms with van der Waals surface area (Å²) in [7, 11) is 0. The van der Waals surface area contributed by atoms with Crippen LogP contribution in [-0.4, -0.2) is 112 Å². The maximum atomic E-state index is 13.5. The molecule has 14 N–H and O–H groups in total. The number of carbonyl (C=O) groups is 8. The SMILES string of the molecule is CC(C)[C@H](NC(=O)[C@H](CCC(=O)O)NC(=O)[C@H](CCCCN)NC(=O)[C@@H](N)CCCCN)C(=O)N[C@H](C(=O)N[C@@H](CCC(=O)O)C(=O)O)C(C)C. The molecule has 0 aliphatic carbocycles. The summed E-state index contributed by atoms with van der Waals surface area (Å²) in [5, 5.41) is 40.0. The maximum absolute atomic E-state index is 13.5. The molecule has 51 heavy (non-hydrogen) atoms. The van der Waals surface area contributed by atoms with Crippen LogP contribution < -0.4 is 43.8 Å². The van der Waals surface area contributed by atoms with Crippen LogP contribution in [0, 0.1) is 11.8 Å². The first-order chi connectivity index (χ1) is 23.9. The number of hydrogen-bond acceptors (Lipinski definition) is 11. The van der Waals surface area contributed by atoms with E-state index in [2.05, 4.69) is 26.6 Å². The summed E-state index contributed by atoms with van der Waals surface area (Å²) in [5.74, 6) is -9.15. The molecule has 19 heteroatoms. The molecule has 0 bridgehead atoms. The minimum atomic E-state index is -1.54. The van der Waals surface area contributed by atoms with Crippen molar-refractivity contribution in [3.8, 4) is 0 Å². The van der Waals surface area contributed by atoms with Crippen molar-refractivity contribution < 1.29 is 53.7 Å². The van der Waals surface area contributed by atoms with Crippen LogP contribution in [0.3, 0.4) is 0 Å². The maximum Gasteiger partial charge on any atom is 0.326 e. The molecular weight excluding hydrogens is 672 g/mol. The molecule has 5 amide bonds. The third kappa shape index (κ3) is 19.0. The minimum Gasteiger partial charge on any atom is -0.481 e. The normalized spacial score (nSPS) is 14.7. The van der Waals surface area contributed by atoms with E-state index in [-0.39, 0.29) is 12.8 Å². The van der Waals surface area contributed by atoms with Crippen molar-refractivity contribution in [3.05, 3.63) is 0 Å². The molecular formula is C32H58N8O11. The second kappa shape index (κ2) is 24.7. The first kappa shape index (κ1) is 46.6. The van der Waals surface area contributed by atoms with Gasteiger partial charge in [0.15, 0.2) is 0 Å². The fourth-order valence-electron chi connectivity index (χ4n) is 4.84. The average Bonchev–Trinajstić information content (AvgIpc) is 3.04. The molecule has 0 heterocycles. The Balaban J connectivity index is 6.04. The topological polar surface area (TPSA) is 335 Å². The highest BCUT2D eigenvalue weighted by Crippen LogP contribution is 2.11. The zero-order chi connectivity index (χ0) is 39.3. The number of hydrogen-bond donors (Lipinski definition) is 11. The van der Waals surface area contributed by atoms with Crippen LogP contribution in [0.2, 0.25) is 0 Å². The summed E-state index contributed by atoms with van der Waals surface area (Å²) in [4.78, 5) is 100. The second-order valence-electron chi connectivity index (χ2n) is 13.0. The van der Waals surface area contributed by atoms with E-state index in [1.165, 1.54) is 0 Å². The predicted octanol–water partition coefficient (Wildman–Crippen LogP) is -1.88. The second-order valence-corrected chi connectivity index (χ2v) is 13.0. The van der Waals surface area contributed by atoms with Crippen LogP contribution in [-0.2, 0) is 38.4 Å². The van der Waals surface area contributed by atoms with E-state index < -0.39 is 115 Å². The van der Waals surface area contributed by atoms with E-state index in [0.717, 1.165) is 0 Å². The van der Waals surface area contributed by atoms with Gasteiger partial charge in [0.1, 0.15) is 30.2 Å². The molecule has 0 fully saturated rings. The van der Waals surface area contributed by atoms with Crippen LogP contribution in [0.5, 0.6) is 0 Å². The Morgan fingerprint density at radius 1 is 0.490 bits per heavy atom. The van der Waals surface area contributed by atoms with Crippen LogP contribution in [0.25, 0.3) is 0 Å². The largest absolute Gasteiger partial charge is 0.481 e. The van der Waals surface area contributed by atoms with Crippen LogP contribution in [0.4, 0.5) is 0 Å². The number of nitrogens with two attached hydrogens (primary N) is 3. The van der Waals surface area contributed by atoms with Crippen molar-refractivity contribution in [2.24, 2.45) is 29.0 Å². The van der Waals surface area contributed by atoms with Gasteiger partial charge in [0, 0.05) is 12.8 Å². The van der Waals surface area contributed by atoms with E-state index in [1.54, 1.807) is 27.7 Å². The van der Waals surface area contributed by atoms with Gasteiger partial charge in [-0.05, 0) is 69.9 Å². The molecule has 6 atom stereocenters. The highest BCUT2D eigenvalue weighted by molar-refractivity contribution is 5.96. The molecule has 0 aliphatic rings. The number of unbranched alkanes of at least 4 members (excludes halogenated alkanes) is 2. The van der Waals surface area contributed by atoms with Crippen molar-refractivity contribution in [2.45, 2.75) is 128 Å². The van der Waals surface area contributed by atoms with E-state index in [1.807, 2.05) is 0 Å². The highest BCUT2D eigenvalue weighted by atomic mass is 16.4. The summed E-state index contributed by atoms with van der Waals surface area (Å²) in [6.07, 6.45) is 0.863. The lowest BCUT2D eigenvalue weighted by Gasteiger charge is -2.29. The van der Waals surface area contributed by atoms with E-state index >= 15 is 0 Å². The number of nitrogens with one attached hydrogen (secondary N) is 5. The summed E-state index contributed by atoms with van der Waals surface area (Å²) < 4.78 is 0. The standard InChI is InChI=1S/C32H58N8O11/c1-17(2)25(30(48)38-22(32(50)51)12-14-24(43)44)40-31(49)26(18(3)4)39-29(47)21(11-13-23(41)42)37-28(46)20(10-6-8-16-34)36-27(45)19(35)9-5-7-15-33/h17-22,25-26H,5-16,33-35H2,1-4H3,(H,36,45)(H,37,46)(H,38,48)(H,39,47)(H,40,49)(H,41,42)(H,43,44)(H,50,51)/t19-,20-,21-,22-,25-,26-/m0/s1. The van der Waals surface area contributed by atoms with Crippen LogP contribution in [0.1, 0.15) is 91.9 Å². The van der Waals surface area contributed by atoms with Gasteiger partial charge in [-0.2, -0.15) is 0 Å². The number of rotatable bonds is 27. The van der Waals surface area contributed by atoms with Gasteiger partial charge in [-0.3, -0.25) is 33.6 Å². The number of carboxylic acid groups (broad SMARTS) is 3. The van der Waals surface area contributed by atoms with Gasteiger partial charge >= 0.3 is 17.9 Å². The molecule has 19 nitrogen and oxygen atoms in total. The van der Waals surface area contributed by atoms with Gasteiger partial charge in [-0.1, -0.05) is 34.1 Å². The van der Waals surface area contributed by atoms with Gasteiger partial charge in [-0.15, -0.1) is 0 Å². The molecule has 0 aliphatic heterocycles. The third-order valence-corrected chi connectivity index (χ3v) is 7.92. The summed E-state index contributed by atoms with van der Waals surface area (Å²) in [6.45, 7) is 7.08. The van der Waals surface area contributed by atoms with Crippen LogP contribution >= 0.6 is 0 Å². The fourth-order valence-corrected chi connectivity index (χ4v) is 4.84. The van der Waals surface area contributed by atoms with Gasteiger partial charge in [-0.25, -0.2) is 4.79 Å². The van der Waals surface area contributed by atoms with Gasteiger partial charge in [0.2, 0.25) is 29.5 Å². The molecule has 0 aromatic rings. The van der Waals surface area contributed by atoms with Crippen molar-refractivity contribution in [1.82, 2.24) is 26.6 Å². The third-order valence-electron chi connectivity index (χ3n) is 7.92. The van der Waals surface area contributed by atoms with Crippen molar-refractivity contribution in [3.63, 3.8) is 0 Å². The first-order valence-corrected chi connectivity index (χ1v) is 17.2. The predicted molar refractivity (Wildman–Crippen MR) is 184 cm³/mol. The van der Waals surface area contributed by atoms with Gasteiger partial charge < -0.3 is 59.1 Å². The molecule has 292 valence electrons. The Hall–Kier alpha value is -4.36. The van der Waals surface area contributed by atoms with Crippen molar-refractivity contribution in [1.29, 1.82) is 0 Å². The smallest absolute Gasteiger partial charge is 0.326 e. The Morgan fingerprint density at radius 2 is 0.863 bits per heavy atom. The molecule has 0 saturated carbocycles. The zero-order valence-electron chi connectivity index (χ0n) is 29.9. The van der Waals surface area contributed by atoms with E-state index in [9.17, 15) is 48.6 Å².